The number of amides is 1. The quantitative estimate of drug-likeness (QED) is 0.190. The molecule has 2 heterocycles. The molecule has 0 bridgehead atoms. The van der Waals surface area contributed by atoms with Crippen molar-refractivity contribution in [2.45, 2.75) is 63.5 Å². The fraction of sp³-hybridized carbons (Fsp3) is 0.297. The number of likely N-dealkylation sites (tertiary alicyclic amines) is 1. The first-order chi connectivity index (χ1) is 21.3. The van der Waals surface area contributed by atoms with Gasteiger partial charge in [-0.05, 0) is 85.4 Å². The van der Waals surface area contributed by atoms with E-state index in [4.69, 9.17) is 16.0 Å². The van der Waals surface area contributed by atoms with Crippen LogP contribution in [0.3, 0.4) is 0 Å². The Hall–Kier alpha value is -4.29. The second-order valence-electron chi connectivity index (χ2n) is 11.9. The first kappa shape index (κ1) is 29.8. The Bertz CT molecular complexity index is 1760. The zero-order valence-corrected chi connectivity index (χ0v) is 25.5. The van der Waals surface area contributed by atoms with E-state index in [9.17, 15) is 14.7 Å². The van der Waals surface area contributed by atoms with Gasteiger partial charge in [0.15, 0.2) is 22.5 Å². The lowest BCUT2D eigenvalue weighted by Gasteiger charge is -2.28. The molecule has 226 valence electrons. The van der Waals surface area contributed by atoms with Crippen molar-refractivity contribution in [1.82, 2.24) is 10.2 Å². The van der Waals surface area contributed by atoms with Crippen LogP contribution in [0.4, 0.5) is 0 Å². The molecule has 44 heavy (non-hydrogen) atoms. The number of halogens is 1. The number of nitrogens with one attached hydrogen (secondary N) is 1. The Morgan fingerprint density at radius 3 is 2.57 bits per heavy atom. The van der Waals surface area contributed by atoms with E-state index >= 15 is 0 Å². The Labute approximate surface area is 262 Å². The minimum Gasteiger partial charge on any atom is -0.504 e. The second kappa shape index (κ2) is 13.1. The predicted molar refractivity (Wildman–Crippen MR) is 176 cm³/mol. The minimum atomic E-state index is -0.236. The first-order valence-corrected chi connectivity index (χ1v) is 15.7. The number of para-hydroxylation sites is 1. The largest absolute Gasteiger partial charge is 0.504 e. The number of nitrogens with zero attached hydrogens (tertiary/aromatic N) is 1. The summed E-state index contributed by atoms with van der Waals surface area (Å²) < 4.78 is 5.95. The van der Waals surface area contributed by atoms with Crippen LogP contribution in [0.5, 0.6) is 5.75 Å². The van der Waals surface area contributed by atoms with Crippen molar-refractivity contribution >= 4 is 34.2 Å². The maximum atomic E-state index is 12.8. The number of phenolic OH excluding ortho intramolecular Hbond substituents is 1. The van der Waals surface area contributed by atoms with Crippen LogP contribution in [0.15, 0.2) is 100 Å². The topological polar surface area (TPSA) is 82.8 Å². The third-order valence-electron chi connectivity index (χ3n) is 8.85. The molecule has 0 unspecified atom stereocenters. The molecular formula is C37H37ClN2O4. The van der Waals surface area contributed by atoms with E-state index in [1.807, 2.05) is 29.2 Å². The second-order valence-corrected chi connectivity index (χ2v) is 12.3. The van der Waals surface area contributed by atoms with Crippen LogP contribution in [0.2, 0.25) is 5.02 Å². The molecule has 1 aliphatic heterocycles. The van der Waals surface area contributed by atoms with Crippen LogP contribution in [0.1, 0.15) is 66.9 Å². The van der Waals surface area contributed by atoms with E-state index in [1.54, 1.807) is 12.1 Å². The number of fused-ring (bicyclic) bond motifs is 1. The van der Waals surface area contributed by atoms with Gasteiger partial charge in [-0.15, -0.1) is 0 Å². The van der Waals surface area contributed by atoms with Crippen molar-refractivity contribution in [3.63, 3.8) is 0 Å². The van der Waals surface area contributed by atoms with Crippen molar-refractivity contribution in [3.05, 3.63) is 129 Å². The number of aromatic hydroxyl groups is 1. The van der Waals surface area contributed by atoms with Gasteiger partial charge < -0.3 is 19.7 Å². The Morgan fingerprint density at radius 2 is 1.82 bits per heavy atom. The SMILES string of the molecule is C=C(N[C@@H](C=C1CCC(c2ccccc2CN2CCCC2=O)CC1)Cc1ccc(Cl)cc1)c1cc(=O)c2cccc(O)c2o1. The van der Waals surface area contributed by atoms with E-state index < -0.39 is 0 Å². The summed E-state index contributed by atoms with van der Waals surface area (Å²) in [6.45, 7) is 5.75. The van der Waals surface area contributed by atoms with E-state index in [-0.39, 0.29) is 28.7 Å². The summed E-state index contributed by atoms with van der Waals surface area (Å²) in [6, 6.07) is 22.5. The molecule has 3 aromatic carbocycles. The average Bonchev–Trinajstić information content (AvgIpc) is 3.43. The summed E-state index contributed by atoms with van der Waals surface area (Å²) in [5.41, 5.74) is 5.52. The van der Waals surface area contributed by atoms with Gasteiger partial charge in [0.2, 0.25) is 5.91 Å². The van der Waals surface area contributed by atoms with Crippen molar-refractivity contribution in [1.29, 1.82) is 0 Å². The molecule has 6 nitrogen and oxygen atoms in total. The summed E-state index contributed by atoms with van der Waals surface area (Å²) in [7, 11) is 0. The van der Waals surface area contributed by atoms with Gasteiger partial charge in [0.1, 0.15) is 0 Å². The first-order valence-electron chi connectivity index (χ1n) is 15.4. The summed E-state index contributed by atoms with van der Waals surface area (Å²) in [6.07, 6.45) is 8.64. The highest BCUT2D eigenvalue weighted by molar-refractivity contribution is 6.30. The van der Waals surface area contributed by atoms with Gasteiger partial charge in [0.25, 0.3) is 0 Å². The molecule has 1 aromatic heterocycles. The summed E-state index contributed by atoms with van der Waals surface area (Å²) >= 11 is 6.15. The fourth-order valence-electron chi connectivity index (χ4n) is 6.54. The van der Waals surface area contributed by atoms with Crippen LogP contribution < -0.4 is 10.7 Å². The summed E-state index contributed by atoms with van der Waals surface area (Å²) in [5, 5.41) is 14.8. The highest BCUT2D eigenvalue weighted by atomic mass is 35.5. The number of benzene rings is 3. The van der Waals surface area contributed by atoms with Gasteiger partial charge in [-0.25, -0.2) is 0 Å². The lowest BCUT2D eigenvalue weighted by Crippen LogP contribution is -2.29. The number of rotatable bonds is 9. The average molecular weight is 609 g/mol. The van der Waals surface area contributed by atoms with E-state index in [0.717, 1.165) is 44.2 Å². The molecular weight excluding hydrogens is 572 g/mol. The number of phenols is 1. The van der Waals surface area contributed by atoms with Crippen LogP contribution in [-0.2, 0) is 17.8 Å². The van der Waals surface area contributed by atoms with Crippen molar-refractivity contribution in [2.75, 3.05) is 6.54 Å². The smallest absolute Gasteiger partial charge is 0.222 e. The third-order valence-corrected chi connectivity index (χ3v) is 9.10. The van der Waals surface area contributed by atoms with Gasteiger partial charge in [0, 0.05) is 36.6 Å². The molecule has 0 spiro atoms. The standard InChI is InChI=1S/C37H37ClN2O4/c1-24(35-22-34(42)32-8-4-9-33(41)37(32)44-35)39-30(21-26-13-17-29(38)18-14-26)20-25-11-15-27(16-12-25)31-7-3-2-6-28(31)23-40-19-5-10-36(40)43/h2-4,6-9,13-14,17-18,20,22,27,30,39,41H,1,5,10-12,15-16,19,21,23H2/t27?,30-/m0/s1. The molecule has 2 fully saturated rings. The molecule has 1 saturated heterocycles. The minimum absolute atomic E-state index is 0.0838. The number of hydrogen-bond acceptors (Lipinski definition) is 5. The van der Waals surface area contributed by atoms with E-state index in [1.165, 1.54) is 28.8 Å². The number of hydrogen-bond donors (Lipinski definition) is 2. The van der Waals surface area contributed by atoms with Crippen LogP contribution in [0.25, 0.3) is 16.7 Å². The zero-order valence-electron chi connectivity index (χ0n) is 24.7. The van der Waals surface area contributed by atoms with Crippen LogP contribution in [0, 0.1) is 0 Å². The van der Waals surface area contributed by atoms with Crippen LogP contribution in [-0.4, -0.2) is 28.5 Å². The van der Waals surface area contributed by atoms with Crippen LogP contribution >= 0.6 is 11.6 Å². The molecule has 1 atom stereocenters. The molecule has 7 heteroatoms. The van der Waals surface area contributed by atoms with Gasteiger partial charge in [0.05, 0.1) is 11.1 Å². The predicted octanol–water partition coefficient (Wildman–Crippen LogP) is 7.73. The normalized spacial score (nSPS) is 17.6. The molecule has 1 saturated carbocycles. The lowest BCUT2D eigenvalue weighted by molar-refractivity contribution is -0.128. The van der Waals surface area contributed by atoms with Crippen molar-refractivity contribution < 1.29 is 14.3 Å². The molecule has 1 amide bonds. The maximum Gasteiger partial charge on any atom is 0.222 e. The van der Waals surface area contributed by atoms with Gasteiger partial charge in [-0.2, -0.15) is 0 Å². The molecule has 1 aliphatic carbocycles. The molecule has 4 aromatic rings. The fourth-order valence-corrected chi connectivity index (χ4v) is 6.66. The lowest BCUT2D eigenvalue weighted by atomic mass is 9.79. The van der Waals surface area contributed by atoms with Crippen molar-refractivity contribution in [2.24, 2.45) is 0 Å². The summed E-state index contributed by atoms with van der Waals surface area (Å²) in [5.74, 6) is 0.923. The molecule has 0 radical (unpaired) electrons. The molecule has 6 rings (SSSR count). The van der Waals surface area contributed by atoms with Gasteiger partial charge in [-0.1, -0.05) is 72.3 Å². The Morgan fingerprint density at radius 1 is 1.05 bits per heavy atom. The third kappa shape index (κ3) is 6.76. The van der Waals surface area contributed by atoms with Gasteiger partial charge in [-0.3, -0.25) is 9.59 Å². The van der Waals surface area contributed by atoms with Crippen molar-refractivity contribution in [3.8, 4) is 5.75 Å². The highest BCUT2D eigenvalue weighted by Gasteiger charge is 2.25. The molecule has 2 aliphatic rings. The Kier molecular flexibility index (Phi) is 8.89. The highest BCUT2D eigenvalue weighted by Crippen LogP contribution is 2.38. The monoisotopic (exact) mass is 608 g/mol. The summed E-state index contributed by atoms with van der Waals surface area (Å²) in [4.78, 5) is 27.1. The van der Waals surface area contributed by atoms with E-state index in [0.29, 0.717) is 47.2 Å². The zero-order chi connectivity index (χ0) is 30.6. The number of carbonyl (C=O) groups is 1. The van der Waals surface area contributed by atoms with E-state index in [2.05, 4.69) is 42.2 Å². The Balaban J connectivity index is 1.20. The van der Waals surface area contributed by atoms with Gasteiger partial charge >= 0.3 is 0 Å². The maximum absolute atomic E-state index is 12.8. The number of carbonyl (C=O) groups excluding carboxylic acids is 1. The number of allylic oxidation sites excluding steroid dienone is 1. The molecule has 2 N–H and O–H groups in total.